The van der Waals surface area contributed by atoms with E-state index in [0.717, 1.165) is 44.4 Å². The highest BCUT2D eigenvalue weighted by Crippen LogP contribution is 2.51. The Balaban J connectivity index is 1.71. The third kappa shape index (κ3) is 2.37. The van der Waals surface area contributed by atoms with E-state index >= 15 is 0 Å². The first kappa shape index (κ1) is 18.7. The second kappa shape index (κ2) is 6.14. The monoisotopic (exact) mass is 431 g/mol. The fourth-order valence-electron chi connectivity index (χ4n) is 5.74. The van der Waals surface area contributed by atoms with Crippen molar-refractivity contribution in [2.24, 2.45) is 0 Å². The van der Waals surface area contributed by atoms with Gasteiger partial charge in [0.1, 0.15) is 11.6 Å². The quantitative estimate of drug-likeness (QED) is 0.221. The average Bonchev–Trinajstić information content (AvgIpc) is 2.81. The van der Waals surface area contributed by atoms with Gasteiger partial charge < -0.3 is 0 Å². The number of fused-ring (bicyclic) bond motifs is 7. The lowest BCUT2D eigenvalue weighted by molar-refractivity contribution is 0.592. The van der Waals surface area contributed by atoms with Crippen molar-refractivity contribution in [1.29, 1.82) is 0 Å². The van der Waals surface area contributed by atoms with Crippen LogP contribution in [-0.2, 0) is 5.41 Å². The minimum Gasteiger partial charge on any atom is -0.256 e. The SMILES string of the molecule is CC1(C)c2cc3ccccc3cc2-c2nccc3c2c1cc1c2cc(F)cc(F)c2ccc31. The van der Waals surface area contributed by atoms with Gasteiger partial charge >= 0.3 is 0 Å². The first-order valence-corrected chi connectivity index (χ1v) is 11.1. The average molecular weight is 431 g/mol. The van der Waals surface area contributed by atoms with Crippen LogP contribution in [0.25, 0.3) is 54.3 Å². The van der Waals surface area contributed by atoms with Crippen LogP contribution in [0, 0.1) is 11.6 Å². The summed E-state index contributed by atoms with van der Waals surface area (Å²) < 4.78 is 28.8. The zero-order valence-corrected chi connectivity index (χ0v) is 18.2. The molecule has 5 aromatic carbocycles. The van der Waals surface area contributed by atoms with Gasteiger partial charge in [-0.2, -0.15) is 0 Å². The number of hydrogen-bond donors (Lipinski definition) is 0. The highest BCUT2D eigenvalue weighted by atomic mass is 19.1. The number of pyridine rings is 1. The molecule has 0 unspecified atom stereocenters. The molecule has 7 rings (SSSR count). The summed E-state index contributed by atoms with van der Waals surface area (Å²) in [5, 5.41) is 7.44. The maximum Gasteiger partial charge on any atom is 0.133 e. The van der Waals surface area contributed by atoms with Crippen LogP contribution in [0.1, 0.15) is 25.0 Å². The van der Waals surface area contributed by atoms with Gasteiger partial charge in [-0.15, -0.1) is 0 Å². The number of nitrogens with zero attached hydrogens (tertiary/aromatic N) is 1. The predicted octanol–water partition coefficient (Wildman–Crippen LogP) is 8.28. The van der Waals surface area contributed by atoms with Gasteiger partial charge in [0.2, 0.25) is 0 Å². The lowest BCUT2D eigenvalue weighted by atomic mass is 9.68. The van der Waals surface area contributed by atoms with E-state index in [2.05, 4.69) is 56.3 Å². The molecule has 1 aliphatic rings. The van der Waals surface area contributed by atoms with E-state index in [9.17, 15) is 8.78 Å². The van der Waals surface area contributed by atoms with E-state index in [-0.39, 0.29) is 5.41 Å². The lowest BCUT2D eigenvalue weighted by Gasteiger charge is -2.35. The number of hydrogen-bond acceptors (Lipinski definition) is 1. The minimum atomic E-state index is -0.562. The summed E-state index contributed by atoms with van der Waals surface area (Å²) in [5.74, 6) is -1.10. The van der Waals surface area contributed by atoms with Crippen LogP contribution < -0.4 is 0 Å². The van der Waals surface area contributed by atoms with Crippen molar-refractivity contribution in [3.05, 3.63) is 102 Å². The van der Waals surface area contributed by atoms with Crippen molar-refractivity contribution in [3.63, 3.8) is 0 Å². The van der Waals surface area contributed by atoms with Gasteiger partial charge in [-0.25, -0.2) is 8.78 Å². The molecule has 158 valence electrons. The Labute approximate surface area is 189 Å². The molecule has 6 aromatic rings. The summed E-state index contributed by atoms with van der Waals surface area (Å²) in [6.07, 6.45) is 1.84. The lowest BCUT2D eigenvalue weighted by Crippen LogP contribution is -2.24. The third-order valence-corrected chi connectivity index (χ3v) is 7.38. The zero-order chi connectivity index (χ0) is 22.5. The molecule has 0 radical (unpaired) electrons. The Kier molecular flexibility index (Phi) is 3.48. The number of rotatable bonds is 0. The number of benzene rings is 5. The van der Waals surface area contributed by atoms with Gasteiger partial charge in [0.15, 0.2) is 0 Å². The topological polar surface area (TPSA) is 12.9 Å². The van der Waals surface area contributed by atoms with Crippen LogP contribution in [0.15, 0.2) is 79.0 Å². The first-order chi connectivity index (χ1) is 15.9. The summed E-state index contributed by atoms with van der Waals surface area (Å²) in [7, 11) is 0. The first-order valence-electron chi connectivity index (χ1n) is 11.1. The molecule has 1 heterocycles. The van der Waals surface area contributed by atoms with Crippen LogP contribution in [0.3, 0.4) is 0 Å². The fourth-order valence-corrected chi connectivity index (χ4v) is 5.74. The Morgan fingerprint density at radius 1 is 0.667 bits per heavy atom. The van der Waals surface area contributed by atoms with Crippen molar-refractivity contribution in [2.75, 3.05) is 0 Å². The Morgan fingerprint density at radius 2 is 1.39 bits per heavy atom. The largest absolute Gasteiger partial charge is 0.256 e. The highest BCUT2D eigenvalue weighted by molar-refractivity contribution is 6.21. The van der Waals surface area contributed by atoms with E-state index in [1.807, 2.05) is 18.3 Å². The van der Waals surface area contributed by atoms with Gasteiger partial charge in [-0.3, -0.25) is 4.98 Å². The maximum atomic E-state index is 14.6. The molecule has 1 aromatic heterocycles. The molecule has 0 amide bonds. The Bertz CT molecular complexity index is 1810. The van der Waals surface area contributed by atoms with Crippen LogP contribution in [0.5, 0.6) is 0 Å². The van der Waals surface area contributed by atoms with Crippen LogP contribution in [0.4, 0.5) is 8.78 Å². The smallest absolute Gasteiger partial charge is 0.133 e. The van der Waals surface area contributed by atoms with Crippen molar-refractivity contribution in [1.82, 2.24) is 4.98 Å². The molecule has 0 saturated heterocycles. The van der Waals surface area contributed by atoms with Crippen molar-refractivity contribution in [3.8, 4) is 11.3 Å². The van der Waals surface area contributed by atoms with Crippen molar-refractivity contribution in [2.45, 2.75) is 19.3 Å². The highest BCUT2D eigenvalue weighted by Gasteiger charge is 2.35. The third-order valence-electron chi connectivity index (χ3n) is 7.38. The van der Waals surface area contributed by atoms with Crippen LogP contribution >= 0.6 is 0 Å². The minimum absolute atomic E-state index is 0.310. The maximum absolute atomic E-state index is 14.6. The molecule has 0 atom stereocenters. The molecule has 0 aliphatic heterocycles. The van der Waals surface area contributed by atoms with E-state index in [0.29, 0.717) is 10.8 Å². The van der Waals surface area contributed by atoms with Crippen LogP contribution in [0.2, 0.25) is 0 Å². The summed E-state index contributed by atoms with van der Waals surface area (Å²) in [4.78, 5) is 4.83. The molecule has 0 fully saturated rings. The van der Waals surface area contributed by atoms with Crippen molar-refractivity contribution < 1.29 is 8.78 Å². The van der Waals surface area contributed by atoms with E-state index < -0.39 is 11.6 Å². The fraction of sp³-hybridized carbons (Fsp3) is 0.100. The van der Waals surface area contributed by atoms with Gasteiger partial charge in [0, 0.05) is 34.0 Å². The summed E-state index contributed by atoms with van der Waals surface area (Å²) >= 11 is 0. The summed E-state index contributed by atoms with van der Waals surface area (Å²) in [5.41, 5.74) is 4.15. The molecule has 1 nitrogen and oxygen atoms in total. The second-order valence-corrected chi connectivity index (χ2v) is 9.52. The Hall–Kier alpha value is -3.85. The van der Waals surface area contributed by atoms with Gasteiger partial charge in [0.25, 0.3) is 0 Å². The summed E-state index contributed by atoms with van der Waals surface area (Å²) in [6.45, 7) is 4.45. The molecule has 0 N–H and O–H groups in total. The molecule has 0 saturated carbocycles. The van der Waals surface area contributed by atoms with Crippen LogP contribution in [-0.4, -0.2) is 4.98 Å². The zero-order valence-electron chi connectivity index (χ0n) is 18.2. The standard InChI is InChI=1S/C30H19F2N/c1-30(2)25-12-17-6-4-3-5-16(17)11-24(25)29-28-21(9-10-33-29)19-7-8-20-22(23(19)15-26(28)30)13-18(31)14-27(20)32/h3-15H,1-2H3. The van der Waals surface area contributed by atoms with E-state index in [4.69, 9.17) is 4.98 Å². The molecule has 3 heteroatoms. The molecule has 0 spiro atoms. The molecule has 33 heavy (non-hydrogen) atoms. The Morgan fingerprint density at radius 3 is 2.21 bits per heavy atom. The van der Waals surface area contributed by atoms with Gasteiger partial charge in [-0.05, 0) is 73.8 Å². The normalized spacial score (nSPS) is 14.3. The summed E-state index contributed by atoms with van der Waals surface area (Å²) in [6, 6.07) is 23.1. The molecule has 1 aliphatic carbocycles. The molecule has 0 bridgehead atoms. The predicted molar refractivity (Wildman–Crippen MR) is 132 cm³/mol. The van der Waals surface area contributed by atoms with Crippen molar-refractivity contribution >= 4 is 43.1 Å². The number of halogens is 2. The molecular formula is C30H19F2N. The molecular weight excluding hydrogens is 412 g/mol. The van der Waals surface area contributed by atoms with E-state index in [1.54, 1.807) is 6.07 Å². The number of aromatic nitrogens is 1. The van der Waals surface area contributed by atoms with Gasteiger partial charge in [0.05, 0.1) is 5.69 Å². The second-order valence-electron chi connectivity index (χ2n) is 9.52. The van der Waals surface area contributed by atoms with E-state index in [1.165, 1.54) is 22.4 Å². The van der Waals surface area contributed by atoms with Gasteiger partial charge in [-0.1, -0.05) is 50.2 Å².